The lowest BCUT2D eigenvalue weighted by Gasteiger charge is -2.29. The van der Waals surface area contributed by atoms with Gasteiger partial charge < -0.3 is 4.90 Å². The third kappa shape index (κ3) is 2.33. The molecule has 0 saturated carbocycles. The van der Waals surface area contributed by atoms with Crippen LogP contribution in [0.3, 0.4) is 0 Å². The number of halogens is 1. The Bertz CT molecular complexity index is 531. The lowest BCUT2D eigenvalue weighted by molar-refractivity contribution is 0.101. The summed E-state index contributed by atoms with van der Waals surface area (Å²) >= 11 is 0. The van der Waals surface area contributed by atoms with E-state index in [1.165, 1.54) is 31.9 Å². The minimum Gasteiger partial charge on any atom is -0.369 e. The lowest BCUT2D eigenvalue weighted by atomic mass is 10.0. The molecule has 2 heterocycles. The average molecular weight is 276 g/mol. The summed E-state index contributed by atoms with van der Waals surface area (Å²) in [6.45, 7) is 3.38. The molecule has 0 aromatic heterocycles. The van der Waals surface area contributed by atoms with Crippen molar-refractivity contribution in [2.75, 3.05) is 25.0 Å². The minimum atomic E-state index is -0.340. The van der Waals surface area contributed by atoms with E-state index in [0.29, 0.717) is 17.6 Å². The maximum Gasteiger partial charge on any atom is 0.161 e. The molecule has 0 spiro atoms. The van der Waals surface area contributed by atoms with E-state index in [-0.39, 0.29) is 11.6 Å². The van der Waals surface area contributed by atoms with Crippen LogP contribution in [0.15, 0.2) is 18.2 Å². The standard InChI is InChI=1S/C16H21FN2O/c1-11(20)15-9-12(17)3-6-16(15)19-8-7-13-4-5-14(10-19)18(13)2/h3,6,9,13-14H,4-5,7-8,10H2,1-2H3. The van der Waals surface area contributed by atoms with Crippen molar-refractivity contribution in [1.29, 1.82) is 0 Å². The molecule has 20 heavy (non-hydrogen) atoms. The predicted molar refractivity (Wildman–Crippen MR) is 77.8 cm³/mol. The number of rotatable bonds is 2. The molecule has 2 atom stereocenters. The van der Waals surface area contributed by atoms with Crippen LogP contribution in [0.5, 0.6) is 0 Å². The number of hydrogen-bond acceptors (Lipinski definition) is 3. The highest BCUT2D eigenvalue weighted by Crippen LogP contribution is 2.32. The van der Waals surface area contributed by atoms with Gasteiger partial charge in [0.25, 0.3) is 0 Å². The van der Waals surface area contributed by atoms with Crippen LogP contribution in [0.25, 0.3) is 0 Å². The molecule has 2 aliphatic rings. The minimum absolute atomic E-state index is 0.0674. The first kappa shape index (κ1) is 13.6. The molecular weight excluding hydrogens is 255 g/mol. The number of benzene rings is 1. The molecule has 3 rings (SSSR count). The number of ketones is 1. The lowest BCUT2D eigenvalue weighted by Crippen LogP contribution is -2.37. The molecule has 1 aromatic carbocycles. The largest absolute Gasteiger partial charge is 0.369 e. The van der Waals surface area contributed by atoms with E-state index in [0.717, 1.165) is 25.2 Å². The summed E-state index contributed by atoms with van der Waals surface area (Å²) in [7, 11) is 2.20. The molecule has 0 radical (unpaired) electrons. The molecule has 0 N–H and O–H groups in total. The Labute approximate surface area is 119 Å². The van der Waals surface area contributed by atoms with Gasteiger partial charge in [-0.2, -0.15) is 0 Å². The second-order valence-electron chi connectivity index (χ2n) is 6.00. The summed E-state index contributed by atoms with van der Waals surface area (Å²) in [5.41, 5.74) is 1.39. The van der Waals surface area contributed by atoms with Crippen LogP contribution in [0.2, 0.25) is 0 Å². The smallest absolute Gasteiger partial charge is 0.161 e. The highest BCUT2D eigenvalue weighted by atomic mass is 19.1. The van der Waals surface area contributed by atoms with Gasteiger partial charge >= 0.3 is 0 Å². The normalized spacial score (nSPS) is 26.6. The van der Waals surface area contributed by atoms with Crippen molar-refractivity contribution in [3.63, 3.8) is 0 Å². The first-order valence-corrected chi connectivity index (χ1v) is 7.33. The highest BCUT2D eigenvalue weighted by molar-refractivity contribution is 5.99. The number of carbonyl (C=O) groups is 1. The van der Waals surface area contributed by atoms with Crippen molar-refractivity contribution in [2.24, 2.45) is 0 Å². The van der Waals surface area contributed by atoms with Crippen molar-refractivity contribution >= 4 is 11.5 Å². The summed E-state index contributed by atoms with van der Waals surface area (Å²) in [5.74, 6) is -0.408. The quantitative estimate of drug-likeness (QED) is 0.776. The zero-order valence-electron chi connectivity index (χ0n) is 12.1. The van der Waals surface area contributed by atoms with Crippen molar-refractivity contribution in [1.82, 2.24) is 4.90 Å². The molecule has 108 valence electrons. The van der Waals surface area contributed by atoms with Gasteiger partial charge in [0, 0.05) is 36.4 Å². The molecule has 0 amide bonds. The van der Waals surface area contributed by atoms with E-state index in [1.54, 1.807) is 6.07 Å². The van der Waals surface area contributed by atoms with E-state index in [4.69, 9.17) is 0 Å². The van der Waals surface area contributed by atoms with Gasteiger partial charge in [-0.1, -0.05) is 0 Å². The van der Waals surface area contributed by atoms with Crippen molar-refractivity contribution in [3.05, 3.63) is 29.6 Å². The Morgan fingerprint density at radius 1 is 1.25 bits per heavy atom. The average Bonchev–Trinajstić information content (AvgIpc) is 2.64. The zero-order valence-corrected chi connectivity index (χ0v) is 12.1. The predicted octanol–water partition coefficient (Wildman–Crippen LogP) is 2.70. The summed E-state index contributed by atoms with van der Waals surface area (Å²) in [6, 6.07) is 5.78. The van der Waals surface area contributed by atoms with Gasteiger partial charge in [0.05, 0.1) is 0 Å². The molecule has 2 aliphatic heterocycles. The molecule has 2 fully saturated rings. The van der Waals surface area contributed by atoms with Gasteiger partial charge in [0.1, 0.15) is 5.82 Å². The second kappa shape index (κ2) is 5.17. The Kier molecular flexibility index (Phi) is 3.50. The zero-order chi connectivity index (χ0) is 14.3. The number of carbonyl (C=O) groups excluding carboxylic acids is 1. The monoisotopic (exact) mass is 276 g/mol. The van der Waals surface area contributed by atoms with Gasteiger partial charge in [0.15, 0.2) is 5.78 Å². The molecule has 2 bridgehead atoms. The van der Waals surface area contributed by atoms with Crippen LogP contribution in [0, 0.1) is 5.82 Å². The van der Waals surface area contributed by atoms with Crippen LogP contribution in [0.4, 0.5) is 10.1 Å². The first-order chi connectivity index (χ1) is 9.56. The van der Waals surface area contributed by atoms with Crippen molar-refractivity contribution in [2.45, 2.75) is 38.3 Å². The van der Waals surface area contributed by atoms with Crippen LogP contribution >= 0.6 is 0 Å². The maximum absolute atomic E-state index is 13.4. The summed E-state index contributed by atoms with van der Waals surface area (Å²) < 4.78 is 13.4. The Balaban J connectivity index is 1.91. The van der Waals surface area contributed by atoms with Gasteiger partial charge in [0.2, 0.25) is 0 Å². The van der Waals surface area contributed by atoms with Crippen LogP contribution in [0.1, 0.15) is 36.5 Å². The molecule has 4 heteroatoms. The first-order valence-electron chi connectivity index (χ1n) is 7.33. The number of anilines is 1. The van der Waals surface area contributed by atoms with Crippen LogP contribution < -0.4 is 4.90 Å². The van der Waals surface area contributed by atoms with Gasteiger partial charge in [-0.05, 0) is 51.4 Å². The van der Waals surface area contributed by atoms with Crippen molar-refractivity contribution in [3.8, 4) is 0 Å². The number of likely N-dealkylation sites (N-methyl/N-ethyl adjacent to an activating group) is 1. The highest BCUT2D eigenvalue weighted by Gasteiger charge is 2.35. The van der Waals surface area contributed by atoms with E-state index < -0.39 is 0 Å². The molecular formula is C16H21FN2O. The third-order valence-corrected chi connectivity index (χ3v) is 4.83. The number of Topliss-reactive ketones (excluding diaryl/α,β-unsaturated/α-hetero) is 1. The number of fused-ring (bicyclic) bond motifs is 2. The number of nitrogens with zero attached hydrogens (tertiary/aromatic N) is 2. The fraction of sp³-hybridized carbons (Fsp3) is 0.562. The Morgan fingerprint density at radius 3 is 2.75 bits per heavy atom. The maximum atomic E-state index is 13.4. The SMILES string of the molecule is CC(=O)c1cc(F)ccc1N1CCC2CCC(C1)N2C. The third-order valence-electron chi connectivity index (χ3n) is 4.83. The molecule has 0 aliphatic carbocycles. The van der Waals surface area contributed by atoms with Gasteiger partial charge in [-0.15, -0.1) is 0 Å². The van der Waals surface area contributed by atoms with E-state index in [9.17, 15) is 9.18 Å². The Morgan fingerprint density at radius 2 is 2.00 bits per heavy atom. The fourth-order valence-electron chi connectivity index (χ4n) is 3.59. The molecule has 1 aromatic rings. The van der Waals surface area contributed by atoms with E-state index in [2.05, 4.69) is 16.8 Å². The Hall–Kier alpha value is -1.42. The van der Waals surface area contributed by atoms with Crippen LogP contribution in [-0.2, 0) is 0 Å². The second-order valence-corrected chi connectivity index (χ2v) is 6.00. The number of hydrogen-bond donors (Lipinski definition) is 0. The van der Waals surface area contributed by atoms with E-state index >= 15 is 0 Å². The van der Waals surface area contributed by atoms with Crippen LogP contribution in [-0.4, -0.2) is 42.9 Å². The van der Waals surface area contributed by atoms with Gasteiger partial charge in [-0.25, -0.2) is 4.39 Å². The molecule has 2 saturated heterocycles. The topological polar surface area (TPSA) is 23.6 Å². The summed E-state index contributed by atoms with van der Waals surface area (Å²) in [4.78, 5) is 16.5. The molecule has 2 unspecified atom stereocenters. The van der Waals surface area contributed by atoms with Crippen molar-refractivity contribution < 1.29 is 9.18 Å². The van der Waals surface area contributed by atoms with Gasteiger partial charge in [-0.3, -0.25) is 9.69 Å². The summed E-state index contributed by atoms with van der Waals surface area (Å²) in [5, 5.41) is 0. The summed E-state index contributed by atoms with van der Waals surface area (Å²) in [6.07, 6.45) is 3.61. The fourth-order valence-corrected chi connectivity index (χ4v) is 3.59. The molecule has 3 nitrogen and oxygen atoms in total. The van der Waals surface area contributed by atoms with E-state index in [1.807, 2.05) is 0 Å².